The molecule has 2 aromatic carbocycles. The van der Waals surface area contributed by atoms with Crippen molar-refractivity contribution < 1.29 is 19.1 Å². The lowest BCUT2D eigenvalue weighted by atomic mass is 10.1. The summed E-state index contributed by atoms with van der Waals surface area (Å²) < 4.78 is 10.1. The zero-order valence-corrected chi connectivity index (χ0v) is 17.1. The second kappa shape index (κ2) is 10.3. The Morgan fingerprint density at radius 1 is 1.11 bits per heavy atom. The highest BCUT2D eigenvalue weighted by molar-refractivity contribution is 6.39. The van der Waals surface area contributed by atoms with Crippen LogP contribution in [0.4, 0.5) is 11.4 Å². The Labute approximate surface area is 173 Å². The second-order valence-corrected chi connectivity index (χ2v) is 6.84. The van der Waals surface area contributed by atoms with Crippen molar-refractivity contribution in [2.75, 3.05) is 11.9 Å². The van der Waals surface area contributed by atoms with Crippen LogP contribution < -0.4 is 11.1 Å². The number of anilines is 2. The fraction of sp³-hybridized carbons (Fsp3) is 0.300. The molecule has 0 aliphatic rings. The Kier molecular flexibility index (Phi) is 8.11. The third-order valence-corrected chi connectivity index (χ3v) is 4.59. The summed E-state index contributed by atoms with van der Waals surface area (Å²) >= 11 is 12.4. The number of halogens is 2. The number of carbonyl (C=O) groups is 2. The van der Waals surface area contributed by atoms with E-state index >= 15 is 0 Å². The lowest BCUT2D eigenvalue weighted by Crippen LogP contribution is -2.44. The van der Waals surface area contributed by atoms with Crippen LogP contribution in [0.15, 0.2) is 42.5 Å². The van der Waals surface area contributed by atoms with E-state index in [1.807, 2.05) is 6.07 Å². The van der Waals surface area contributed by atoms with Gasteiger partial charge >= 0.3 is 11.9 Å². The highest BCUT2D eigenvalue weighted by atomic mass is 35.5. The average molecular weight is 425 g/mol. The highest BCUT2D eigenvalue weighted by Crippen LogP contribution is 2.33. The van der Waals surface area contributed by atoms with E-state index in [9.17, 15) is 9.59 Å². The molecule has 0 aliphatic carbocycles. The van der Waals surface area contributed by atoms with Crippen LogP contribution in [-0.4, -0.2) is 30.7 Å². The summed E-state index contributed by atoms with van der Waals surface area (Å²) in [5.41, 5.74) is 7.65. The van der Waals surface area contributed by atoms with Gasteiger partial charge in [0.2, 0.25) is 0 Å². The van der Waals surface area contributed by atoms with Crippen molar-refractivity contribution in [3.63, 3.8) is 0 Å². The van der Waals surface area contributed by atoms with Gasteiger partial charge in [0, 0.05) is 5.69 Å². The van der Waals surface area contributed by atoms with Crippen molar-refractivity contribution in [2.45, 2.75) is 32.4 Å². The van der Waals surface area contributed by atoms with Crippen LogP contribution >= 0.6 is 23.2 Å². The summed E-state index contributed by atoms with van der Waals surface area (Å²) in [6.45, 7) is 3.43. The van der Waals surface area contributed by atoms with E-state index in [4.69, 9.17) is 38.4 Å². The van der Waals surface area contributed by atoms with Gasteiger partial charge in [-0.05, 0) is 37.6 Å². The molecule has 2 atom stereocenters. The van der Waals surface area contributed by atoms with Gasteiger partial charge in [0.15, 0.2) is 0 Å². The van der Waals surface area contributed by atoms with Crippen LogP contribution in [0.25, 0.3) is 0 Å². The van der Waals surface area contributed by atoms with E-state index in [2.05, 4.69) is 5.32 Å². The van der Waals surface area contributed by atoms with E-state index in [-0.39, 0.29) is 13.0 Å². The summed E-state index contributed by atoms with van der Waals surface area (Å²) in [5.74, 6) is -1.13. The van der Waals surface area contributed by atoms with Crippen molar-refractivity contribution in [3.8, 4) is 0 Å². The number of carbonyl (C=O) groups excluding carboxylic acids is 2. The Morgan fingerprint density at radius 3 is 2.39 bits per heavy atom. The number of benzene rings is 2. The normalized spacial score (nSPS) is 12.8. The maximum atomic E-state index is 12.3. The predicted octanol–water partition coefficient (Wildman–Crippen LogP) is 4.10. The molecule has 0 saturated carbocycles. The molecule has 28 heavy (non-hydrogen) atoms. The van der Waals surface area contributed by atoms with Crippen molar-refractivity contribution in [1.29, 1.82) is 0 Å². The lowest BCUT2D eigenvalue weighted by molar-refractivity contribution is -0.155. The van der Waals surface area contributed by atoms with Crippen LogP contribution in [-0.2, 0) is 25.5 Å². The summed E-state index contributed by atoms with van der Waals surface area (Å²) in [6.07, 6.45) is -0.838. The largest absolute Gasteiger partial charge is 0.465 e. The first kappa shape index (κ1) is 22.0. The molecule has 0 fully saturated rings. The first-order valence-electron chi connectivity index (χ1n) is 8.74. The summed E-state index contributed by atoms with van der Waals surface area (Å²) in [4.78, 5) is 24.0. The molecule has 0 heterocycles. The molecule has 2 aromatic rings. The highest BCUT2D eigenvalue weighted by Gasteiger charge is 2.25. The molecule has 150 valence electrons. The number of esters is 2. The fourth-order valence-electron chi connectivity index (χ4n) is 2.46. The van der Waals surface area contributed by atoms with Crippen LogP contribution in [0.1, 0.15) is 19.4 Å². The summed E-state index contributed by atoms with van der Waals surface area (Å²) in [6, 6.07) is 11.3. The first-order valence-corrected chi connectivity index (χ1v) is 9.49. The van der Waals surface area contributed by atoms with E-state index in [0.717, 1.165) is 0 Å². The molecule has 0 spiro atoms. The smallest absolute Gasteiger partial charge is 0.326 e. The number of hydrogen-bond acceptors (Lipinski definition) is 6. The van der Waals surface area contributed by atoms with E-state index in [1.54, 1.807) is 50.2 Å². The van der Waals surface area contributed by atoms with E-state index < -0.39 is 24.1 Å². The zero-order chi connectivity index (χ0) is 20.7. The number of para-hydroxylation sites is 2. The molecule has 6 nitrogen and oxygen atoms in total. The van der Waals surface area contributed by atoms with Crippen molar-refractivity contribution >= 4 is 46.5 Å². The SMILES string of the molecule is CCOC(=O)[C@@H](N)[C@@H](C)OC(=O)Cc1ccccc1Nc1c(Cl)cccc1Cl. The summed E-state index contributed by atoms with van der Waals surface area (Å²) in [7, 11) is 0. The minimum absolute atomic E-state index is 0.0227. The maximum absolute atomic E-state index is 12.3. The Balaban J connectivity index is 2.08. The number of hydrogen-bond donors (Lipinski definition) is 2. The van der Waals surface area contributed by atoms with Crippen LogP contribution in [0.3, 0.4) is 0 Å². The Morgan fingerprint density at radius 2 is 1.75 bits per heavy atom. The van der Waals surface area contributed by atoms with Crippen molar-refractivity contribution in [3.05, 3.63) is 58.1 Å². The molecule has 3 N–H and O–H groups in total. The third-order valence-electron chi connectivity index (χ3n) is 3.96. The van der Waals surface area contributed by atoms with Gasteiger partial charge < -0.3 is 20.5 Å². The monoisotopic (exact) mass is 424 g/mol. The Hall–Kier alpha value is -2.28. The maximum Gasteiger partial charge on any atom is 0.326 e. The molecule has 0 unspecified atom stereocenters. The molecule has 0 saturated heterocycles. The van der Waals surface area contributed by atoms with Gasteiger partial charge in [0.05, 0.1) is 28.8 Å². The van der Waals surface area contributed by atoms with Crippen LogP contribution in [0.5, 0.6) is 0 Å². The number of nitrogens with one attached hydrogen (secondary N) is 1. The lowest BCUT2D eigenvalue weighted by Gasteiger charge is -2.19. The van der Waals surface area contributed by atoms with Gasteiger partial charge in [0.1, 0.15) is 12.1 Å². The van der Waals surface area contributed by atoms with Gasteiger partial charge in [-0.3, -0.25) is 9.59 Å². The van der Waals surface area contributed by atoms with E-state index in [1.165, 1.54) is 0 Å². The van der Waals surface area contributed by atoms with Crippen molar-refractivity contribution in [2.24, 2.45) is 5.73 Å². The molecule has 0 aromatic heterocycles. The van der Waals surface area contributed by atoms with Gasteiger partial charge in [-0.2, -0.15) is 0 Å². The third kappa shape index (κ3) is 5.86. The molecule has 0 radical (unpaired) electrons. The Bertz CT molecular complexity index is 824. The topological polar surface area (TPSA) is 90.7 Å². The molecule has 0 bridgehead atoms. The average Bonchev–Trinajstić information content (AvgIpc) is 2.65. The molecular formula is C20H22Cl2N2O4. The van der Waals surface area contributed by atoms with E-state index in [0.29, 0.717) is 27.0 Å². The first-order chi connectivity index (χ1) is 13.3. The van der Waals surface area contributed by atoms with Crippen molar-refractivity contribution in [1.82, 2.24) is 0 Å². The van der Waals surface area contributed by atoms with Gasteiger partial charge in [-0.1, -0.05) is 47.5 Å². The second-order valence-electron chi connectivity index (χ2n) is 6.03. The predicted molar refractivity (Wildman–Crippen MR) is 110 cm³/mol. The zero-order valence-electron chi connectivity index (χ0n) is 15.6. The van der Waals surface area contributed by atoms with Gasteiger partial charge in [-0.15, -0.1) is 0 Å². The quantitative estimate of drug-likeness (QED) is 0.619. The minimum atomic E-state index is -1.04. The fourth-order valence-corrected chi connectivity index (χ4v) is 2.95. The molecule has 0 aliphatic heterocycles. The number of nitrogens with two attached hydrogens (primary N) is 1. The van der Waals surface area contributed by atoms with Gasteiger partial charge in [-0.25, -0.2) is 0 Å². The number of ether oxygens (including phenoxy) is 2. The molecule has 8 heteroatoms. The molecule has 0 amide bonds. The standard InChI is InChI=1S/C20H22Cl2N2O4/c1-3-27-20(26)18(23)12(2)28-17(25)11-13-7-4-5-10-16(13)24-19-14(21)8-6-9-15(19)22/h4-10,12,18,24H,3,11,23H2,1-2H3/t12-,18+/m1/s1. The molecular weight excluding hydrogens is 403 g/mol. The minimum Gasteiger partial charge on any atom is -0.465 e. The molecule has 2 rings (SSSR count). The summed E-state index contributed by atoms with van der Waals surface area (Å²) in [5, 5.41) is 4.07. The van der Waals surface area contributed by atoms with Crippen LogP contribution in [0.2, 0.25) is 10.0 Å². The van der Waals surface area contributed by atoms with Crippen LogP contribution in [0, 0.1) is 0 Å². The van der Waals surface area contributed by atoms with Gasteiger partial charge in [0.25, 0.3) is 0 Å². The number of rotatable bonds is 8.